The number of nitrogens with one attached hydrogen (secondary N) is 1. The van der Waals surface area contributed by atoms with Gasteiger partial charge in [-0.25, -0.2) is 0 Å². The zero-order valence-corrected chi connectivity index (χ0v) is 13.3. The van der Waals surface area contributed by atoms with Crippen LogP contribution in [0, 0.1) is 20.8 Å². The lowest BCUT2D eigenvalue weighted by Crippen LogP contribution is -2.37. The summed E-state index contributed by atoms with van der Waals surface area (Å²) in [5.74, 6) is 0. The van der Waals surface area contributed by atoms with Gasteiger partial charge in [0.25, 0.3) is 0 Å². The predicted molar refractivity (Wildman–Crippen MR) is 87.1 cm³/mol. The SMILES string of the molecule is Cc1cc(C)c(C(CN)NC2CCCCCC2)c(C)c1. The van der Waals surface area contributed by atoms with E-state index in [-0.39, 0.29) is 0 Å². The summed E-state index contributed by atoms with van der Waals surface area (Å²) in [4.78, 5) is 0. The van der Waals surface area contributed by atoms with Crippen molar-refractivity contribution in [2.24, 2.45) is 5.73 Å². The Morgan fingerprint density at radius 1 is 1.05 bits per heavy atom. The van der Waals surface area contributed by atoms with Crippen molar-refractivity contribution in [1.29, 1.82) is 0 Å². The Balaban J connectivity index is 2.15. The van der Waals surface area contributed by atoms with Crippen molar-refractivity contribution in [2.75, 3.05) is 6.54 Å². The molecule has 2 rings (SSSR count). The molecule has 2 heteroatoms. The van der Waals surface area contributed by atoms with E-state index in [0.717, 1.165) is 0 Å². The van der Waals surface area contributed by atoms with Gasteiger partial charge in [-0.05, 0) is 50.3 Å². The molecule has 20 heavy (non-hydrogen) atoms. The van der Waals surface area contributed by atoms with Gasteiger partial charge < -0.3 is 11.1 Å². The number of aryl methyl sites for hydroxylation is 3. The van der Waals surface area contributed by atoms with Crippen LogP contribution in [0.4, 0.5) is 0 Å². The smallest absolute Gasteiger partial charge is 0.0451 e. The van der Waals surface area contributed by atoms with Crippen LogP contribution in [0.5, 0.6) is 0 Å². The second-order valence-electron chi connectivity index (χ2n) is 6.46. The molecule has 2 nitrogen and oxygen atoms in total. The van der Waals surface area contributed by atoms with Gasteiger partial charge in [-0.3, -0.25) is 0 Å². The normalized spacial score (nSPS) is 18.8. The van der Waals surface area contributed by atoms with Crippen molar-refractivity contribution >= 4 is 0 Å². The zero-order chi connectivity index (χ0) is 14.5. The quantitative estimate of drug-likeness (QED) is 0.817. The molecule has 0 saturated heterocycles. The fourth-order valence-corrected chi connectivity index (χ4v) is 3.74. The van der Waals surface area contributed by atoms with Gasteiger partial charge in [-0.15, -0.1) is 0 Å². The molecular weight excluding hydrogens is 244 g/mol. The Morgan fingerprint density at radius 3 is 2.10 bits per heavy atom. The van der Waals surface area contributed by atoms with Crippen LogP contribution >= 0.6 is 0 Å². The van der Waals surface area contributed by atoms with Gasteiger partial charge in [0, 0.05) is 18.6 Å². The van der Waals surface area contributed by atoms with Gasteiger partial charge >= 0.3 is 0 Å². The van der Waals surface area contributed by atoms with Crippen LogP contribution in [0.15, 0.2) is 12.1 Å². The van der Waals surface area contributed by atoms with Crippen LogP contribution in [0.2, 0.25) is 0 Å². The third kappa shape index (κ3) is 3.83. The maximum absolute atomic E-state index is 6.07. The van der Waals surface area contributed by atoms with E-state index in [9.17, 15) is 0 Å². The minimum atomic E-state index is 0.304. The second kappa shape index (κ2) is 7.24. The first kappa shape index (κ1) is 15.5. The lowest BCUT2D eigenvalue weighted by Gasteiger charge is -2.27. The van der Waals surface area contributed by atoms with E-state index in [4.69, 9.17) is 5.73 Å². The van der Waals surface area contributed by atoms with Crippen molar-refractivity contribution in [3.63, 3.8) is 0 Å². The van der Waals surface area contributed by atoms with Crippen molar-refractivity contribution in [3.8, 4) is 0 Å². The van der Waals surface area contributed by atoms with Crippen molar-refractivity contribution in [3.05, 3.63) is 34.4 Å². The maximum atomic E-state index is 6.07. The van der Waals surface area contributed by atoms with Crippen molar-refractivity contribution in [1.82, 2.24) is 5.32 Å². The number of benzene rings is 1. The summed E-state index contributed by atoms with van der Waals surface area (Å²) in [6.45, 7) is 7.28. The third-order valence-corrected chi connectivity index (χ3v) is 4.61. The second-order valence-corrected chi connectivity index (χ2v) is 6.46. The summed E-state index contributed by atoms with van der Waals surface area (Å²) in [5.41, 5.74) is 11.6. The predicted octanol–water partition coefficient (Wildman–Crippen LogP) is 3.92. The molecule has 1 aliphatic rings. The summed E-state index contributed by atoms with van der Waals surface area (Å²) in [5, 5.41) is 3.84. The summed E-state index contributed by atoms with van der Waals surface area (Å²) in [6, 6.07) is 5.50. The highest BCUT2D eigenvalue weighted by Crippen LogP contribution is 2.26. The molecule has 0 aliphatic heterocycles. The average Bonchev–Trinajstić information content (AvgIpc) is 2.65. The Bertz CT molecular complexity index is 408. The van der Waals surface area contributed by atoms with E-state index in [1.165, 1.54) is 60.8 Å². The Kier molecular flexibility index (Phi) is 5.62. The molecule has 0 aromatic heterocycles. The molecule has 0 bridgehead atoms. The fraction of sp³-hybridized carbons (Fsp3) is 0.667. The van der Waals surface area contributed by atoms with Gasteiger partial charge in [0.05, 0.1) is 0 Å². The summed E-state index contributed by atoms with van der Waals surface area (Å²) >= 11 is 0. The topological polar surface area (TPSA) is 38.0 Å². The number of rotatable bonds is 4. The van der Waals surface area contributed by atoms with Crippen molar-refractivity contribution < 1.29 is 0 Å². The highest BCUT2D eigenvalue weighted by Gasteiger charge is 2.20. The van der Waals surface area contributed by atoms with E-state index < -0.39 is 0 Å². The number of hydrogen-bond acceptors (Lipinski definition) is 2. The molecule has 1 fully saturated rings. The molecule has 1 aliphatic carbocycles. The van der Waals surface area contributed by atoms with E-state index in [0.29, 0.717) is 18.6 Å². The molecule has 0 amide bonds. The Labute approximate surface area is 124 Å². The van der Waals surface area contributed by atoms with Gasteiger partial charge in [0.1, 0.15) is 0 Å². The molecule has 3 N–H and O–H groups in total. The molecule has 1 aromatic rings. The molecule has 1 atom stereocenters. The summed E-state index contributed by atoms with van der Waals surface area (Å²) in [6.07, 6.45) is 8.13. The molecular formula is C18H30N2. The zero-order valence-electron chi connectivity index (χ0n) is 13.3. The fourth-order valence-electron chi connectivity index (χ4n) is 3.74. The highest BCUT2D eigenvalue weighted by atomic mass is 15.0. The van der Waals surface area contributed by atoms with E-state index >= 15 is 0 Å². The first-order valence-corrected chi connectivity index (χ1v) is 8.15. The van der Waals surface area contributed by atoms with E-state index in [1.807, 2.05) is 0 Å². The first-order chi connectivity index (χ1) is 9.61. The minimum absolute atomic E-state index is 0.304. The third-order valence-electron chi connectivity index (χ3n) is 4.61. The van der Waals surface area contributed by atoms with Gasteiger partial charge in [-0.2, -0.15) is 0 Å². The molecule has 0 heterocycles. The first-order valence-electron chi connectivity index (χ1n) is 8.15. The maximum Gasteiger partial charge on any atom is 0.0451 e. The molecule has 1 aromatic carbocycles. The molecule has 1 unspecified atom stereocenters. The van der Waals surface area contributed by atoms with Crippen LogP contribution in [0.25, 0.3) is 0 Å². The van der Waals surface area contributed by atoms with Crippen LogP contribution < -0.4 is 11.1 Å². The van der Waals surface area contributed by atoms with Crippen LogP contribution in [0.3, 0.4) is 0 Å². The number of nitrogens with two attached hydrogens (primary N) is 1. The van der Waals surface area contributed by atoms with Crippen LogP contribution in [0.1, 0.15) is 66.8 Å². The molecule has 0 spiro atoms. The standard InChI is InChI=1S/C18H30N2/c1-13-10-14(2)18(15(3)11-13)17(12-19)20-16-8-6-4-5-7-9-16/h10-11,16-17,20H,4-9,12,19H2,1-3H3. The Morgan fingerprint density at radius 2 is 1.60 bits per heavy atom. The lowest BCUT2D eigenvalue weighted by atomic mass is 9.93. The van der Waals surface area contributed by atoms with Gasteiger partial charge in [0.2, 0.25) is 0 Å². The van der Waals surface area contributed by atoms with Gasteiger partial charge in [-0.1, -0.05) is 43.4 Å². The lowest BCUT2D eigenvalue weighted by molar-refractivity contribution is 0.401. The molecule has 1 saturated carbocycles. The molecule has 112 valence electrons. The summed E-state index contributed by atoms with van der Waals surface area (Å²) in [7, 11) is 0. The molecule has 0 radical (unpaired) electrons. The minimum Gasteiger partial charge on any atom is -0.329 e. The largest absolute Gasteiger partial charge is 0.329 e. The monoisotopic (exact) mass is 274 g/mol. The highest BCUT2D eigenvalue weighted by molar-refractivity contribution is 5.39. The van der Waals surface area contributed by atoms with Gasteiger partial charge in [0.15, 0.2) is 0 Å². The van der Waals surface area contributed by atoms with E-state index in [1.54, 1.807) is 0 Å². The van der Waals surface area contributed by atoms with Crippen LogP contribution in [-0.4, -0.2) is 12.6 Å². The Hall–Kier alpha value is -0.860. The van der Waals surface area contributed by atoms with Crippen molar-refractivity contribution in [2.45, 2.75) is 71.4 Å². The van der Waals surface area contributed by atoms with E-state index in [2.05, 4.69) is 38.2 Å². The average molecular weight is 274 g/mol. The van der Waals surface area contributed by atoms with Crippen LogP contribution in [-0.2, 0) is 0 Å². The summed E-state index contributed by atoms with van der Waals surface area (Å²) < 4.78 is 0. The number of hydrogen-bond donors (Lipinski definition) is 2.